The number of nitrogens with one attached hydrogen (secondary N) is 1. The zero-order chi connectivity index (χ0) is 15.8. The molecule has 120 valence electrons. The number of para-hydroxylation sites is 1. The molecule has 0 spiro atoms. The van der Waals surface area contributed by atoms with Crippen molar-refractivity contribution < 1.29 is 24.3 Å². The van der Waals surface area contributed by atoms with Gasteiger partial charge in [0.25, 0.3) is 0 Å². The van der Waals surface area contributed by atoms with E-state index in [4.69, 9.17) is 9.47 Å². The predicted molar refractivity (Wildman–Crippen MR) is 81.9 cm³/mol. The van der Waals surface area contributed by atoms with Gasteiger partial charge in [0.2, 0.25) is 0 Å². The largest absolute Gasteiger partial charge is 0.545 e. The first-order valence-electron chi connectivity index (χ1n) is 7.73. The lowest BCUT2D eigenvalue weighted by molar-refractivity contribution is -0.904. The van der Waals surface area contributed by atoms with Gasteiger partial charge < -0.3 is 24.3 Å². The summed E-state index contributed by atoms with van der Waals surface area (Å²) in [6, 6.07) is 5.40. The quantitative estimate of drug-likeness (QED) is 0.715. The molecule has 0 radical (unpaired) electrons. The number of likely N-dealkylation sites (tertiary alicyclic amines) is 1. The van der Waals surface area contributed by atoms with Crippen LogP contribution in [0.2, 0.25) is 0 Å². The van der Waals surface area contributed by atoms with E-state index >= 15 is 0 Å². The normalized spacial score (nSPS) is 15.9. The van der Waals surface area contributed by atoms with E-state index in [2.05, 4.69) is 0 Å². The Bertz CT molecular complexity index is 521. The van der Waals surface area contributed by atoms with E-state index in [9.17, 15) is 9.90 Å². The summed E-state index contributed by atoms with van der Waals surface area (Å²) in [6.45, 7) is 3.93. The van der Waals surface area contributed by atoms with E-state index in [1.54, 1.807) is 30.2 Å². The second-order valence-corrected chi connectivity index (χ2v) is 5.44. The predicted octanol–water partition coefficient (Wildman–Crippen LogP) is -0.0941. The number of carbonyl (C=O) groups excluding carboxylic acids is 1. The highest BCUT2D eigenvalue weighted by atomic mass is 16.5. The van der Waals surface area contributed by atoms with Gasteiger partial charge in [-0.15, -0.1) is 0 Å². The summed E-state index contributed by atoms with van der Waals surface area (Å²) in [7, 11) is 1.57. The van der Waals surface area contributed by atoms with E-state index in [-0.39, 0.29) is 0 Å². The average molecular weight is 305 g/mol. The molecule has 2 rings (SSSR count). The molecular formula is C17H23NO4. The highest BCUT2D eigenvalue weighted by molar-refractivity contribution is 5.84. The number of rotatable bonds is 7. The molecule has 1 heterocycles. The second-order valence-electron chi connectivity index (χ2n) is 5.44. The number of carbonyl (C=O) groups is 1. The first-order valence-corrected chi connectivity index (χ1v) is 7.73. The summed E-state index contributed by atoms with van der Waals surface area (Å²) in [5, 5.41) is 10.6. The lowest BCUT2D eigenvalue weighted by atomic mass is 10.1. The summed E-state index contributed by atoms with van der Waals surface area (Å²) in [6.07, 6.45) is 6.36. The maximum absolute atomic E-state index is 10.6. The topological polar surface area (TPSA) is 63.0 Å². The third-order valence-corrected chi connectivity index (χ3v) is 3.89. The van der Waals surface area contributed by atoms with Gasteiger partial charge in [0, 0.05) is 5.56 Å². The van der Waals surface area contributed by atoms with Gasteiger partial charge >= 0.3 is 0 Å². The number of piperidine rings is 1. The van der Waals surface area contributed by atoms with Gasteiger partial charge in [0.05, 0.1) is 26.2 Å². The third kappa shape index (κ3) is 4.77. The van der Waals surface area contributed by atoms with Gasteiger partial charge in [0.1, 0.15) is 13.2 Å². The Morgan fingerprint density at radius 1 is 1.32 bits per heavy atom. The molecule has 0 bridgehead atoms. The molecule has 1 N–H and O–H groups in total. The Labute approximate surface area is 131 Å². The average Bonchev–Trinajstić information content (AvgIpc) is 2.54. The molecule has 0 saturated carbocycles. The zero-order valence-electron chi connectivity index (χ0n) is 13.0. The minimum Gasteiger partial charge on any atom is -0.545 e. The molecule has 1 aliphatic heterocycles. The molecule has 5 heteroatoms. The summed E-state index contributed by atoms with van der Waals surface area (Å²) in [5.74, 6) is -0.0421. The van der Waals surface area contributed by atoms with Crippen LogP contribution in [0.3, 0.4) is 0 Å². The van der Waals surface area contributed by atoms with Crippen LogP contribution >= 0.6 is 0 Å². The van der Waals surface area contributed by atoms with Crippen molar-refractivity contribution >= 4 is 12.0 Å². The van der Waals surface area contributed by atoms with Gasteiger partial charge in [-0.2, -0.15) is 0 Å². The van der Waals surface area contributed by atoms with Crippen LogP contribution in [-0.2, 0) is 4.79 Å². The van der Waals surface area contributed by atoms with Crippen molar-refractivity contribution in [2.45, 2.75) is 19.3 Å². The van der Waals surface area contributed by atoms with Crippen LogP contribution in [0.25, 0.3) is 6.08 Å². The van der Waals surface area contributed by atoms with Crippen LogP contribution in [-0.4, -0.2) is 39.3 Å². The second kappa shape index (κ2) is 8.44. The number of hydrogen-bond acceptors (Lipinski definition) is 4. The molecule has 1 saturated heterocycles. The van der Waals surface area contributed by atoms with Gasteiger partial charge in [-0.05, 0) is 37.5 Å². The Hall–Kier alpha value is -2.01. The molecule has 1 fully saturated rings. The van der Waals surface area contributed by atoms with Gasteiger partial charge in [-0.25, -0.2) is 0 Å². The van der Waals surface area contributed by atoms with Crippen LogP contribution in [0.5, 0.6) is 11.5 Å². The van der Waals surface area contributed by atoms with Crippen molar-refractivity contribution in [3.8, 4) is 11.5 Å². The van der Waals surface area contributed by atoms with Crippen molar-refractivity contribution in [1.29, 1.82) is 0 Å². The fraction of sp³-hybridized carbons (Fsp3) is 0.471. The number of hydrogen-bond donors (Lipinski definition) is 1. The molecule has 22 heavy (non-hydrogen) atoms. The molecule has 0 atom stereocenters. The molecule has 0 aromatic heterocycles. The monoisotopic (exact) mass is 305 g/mol. The van der Waals surface area contributed by atoms with Crippen LogP contribution in [0.4, 0.5) is 0 Å². The van der Waals surface area contributed by atoms with Gasteiger partial charge in [-0.3, -0.25) is 0 Å². The Kier molecular flexibility index (Phi) is 6.27. The maximum Gasteiger partial charge on any atom is 0.168 e. The third-order valence-electron chi connectivity index (χ3n) is 3.89. The van der Waals surface area contributed by atoms with E-state index in [1.165, 1.54) is 38.4 Å². The Morgan fingerprint density at radius 3 is 2.77 bits per heavy atom. The first-order chi connectivity index (χ1) is 10.7. The number of carboxylic acids is 1. The highest BCUT2D eigenvalue weighted by Crippen LogP contribution is 2.31. The number of aliphatic carboxylic acids is 1. The van der Waals surface area contributed by atoms with Crippen molar-refractivity contribution in [2.75, 3.05) is 33.4 Å². The van der Waals surface area contributed by atoms with E-state index in [0.29, 0.717) is 23.7 Å². The number of quaternary nitrogens is 1. The number of benzene rings is 1. The van der Waals surface area contributed by atoms with Gasteiger partial charge in [0.15, 0.2) is 11.5 Å². The Morgan fingerprint density at radius 2 is 2.09 bits per heavy atom. The summed E-state index contributed by atoms with van der Waals surface area (Å²) in [4.78, 5) is 12.1. The Balaban J connectivity index is 2.01. The highest BCUT2D eigenvalue weighted by Gasteiger charge is 2.14. The SMILES string of the molecule is COc1cccc(/C=C/C(=O)[O-])c1OCC[NH+]1CCCCC1. The van der Waals surface area contributed by atoms with Gasteiger partial charge in [-0.1, -0.05) is 12.1 Å². The zero-order valence-corrected chi connectivity index (χ0v) is 13.0. The van der Waals surface area contributed by atoms with Crippen LogP contribution in [0.15, 0.2) is 24.3 Å². The summed E-state index contributed by atoms with van der Waals surface area (Å²) >= 11 is 0. The molecule has 0 amide bonds. The molecule has 0 aliphatic carbocycles. The van der Waals surface area contributed by atoms with Crippen molar-refractivity contribution in [3.05, 3.63) is 29.8 Å². The fourth-order valence-corrected chi connectivity index (χ4v) is 2.74. The molecule has 1 aromatic rings. The van der Waals surface area contributed by atoms with E-state index in [1.807, 2.05) is 0 Å². The van der Waals surface area contributed by atoms with E-state index < -0.39 is 5.97 Å². The molecule has 0 unspecified atom stereocenters. The van der Waals surface area contributed by atoms with Crippen LogP contribution < -0.4 is 19.5 Å². The smallest absolute Gasteiger partial charge is 0.168 e. The van der Waals surface area contributed by atoms with Crippen LogP contribution in [0, 0.1) is 0 Å². The van der Waals surface area contributed by atoms with Crippen molar-refractivity contribution in [3.63, 3.8) is 0 Å². The lowest BCUT2D eigenvalue weighted by Crippen LogP contribution is -3.13. The minimum absolute atomic E-state index is 0.582. The standard InChI is InChI=1S/C17H23NO4/c1-21-15-7-5-6-14(8-9-16(19)20)17(15)22-13-12-18-10-3-2-4-11-18/h5-9H,2-4,10-13H2,1H3,(H,19,20)/b9-8+. The van der Waals surface area contributed by atoms with Crippen molar-refractivity contribution in [1.82, 2.24) is 0 Å². The fourth-order valence-electron chi connectivity index (χ4n) is 2.74. The molecular weight excluding hydrogens is 282 g/mol. The summed E-state index contributed by atoms with van der Waals surface area (Å²) < 4.78 is 11.2. The minimum atomic E-state index is -1.23. The first kappa shape index (κ1) is 16.4. The molecule has 5 nitrogen and oxygen atoms in total. The van der Waals surface area contributed by atoms with Crippen molar-refractivity contribution in [2.24, 2.45) is 0 Å². The number of carboxylic acid groups (broad SMARTS) is 1. The van der Waals surface area contributed by atoms with Crippen LogP contribution in [0.1, 0.15) is 24.8 Å². The lowest BCUT2D eigenvalue weighted by Gasteiger charge is -2.23. The van der Waals surface area contributed by atoms with E-state index in [0.717, 1.165) is 12.6 Å². The number of ether oxygens (including phenoxy) is 2. The molecule has 1 aromatic carbocycles. The summed E-state index contributed by atoms with van der Waals surface area (Å²) in [5.41, 5.74) is 0.678. The molecule has 1 aliphatic rings. The number of methoxy groups -OCH3 is 1. The maximum atomic E-state index is 10.6.